The summed E-state index contributed by atoms with van der Waals surface area (Å²) in [7, 11) is 0. The summed E-state index contributed by atoms with van der Waals surface area (Å²) >= 11 is 0. The molecule has 2 aromatic rings. The molecule has 1 atom stereocenters. The SMILES string of the molecule is CCc1cccc(OC(C)C(=O)Nc2cccc(N)c2)c1. The van der Waals surface area contributed by atoms with Crippen LogP contribution < -0.4 is 15.8 Å². The number of carbonyl (C=O) groups excluding carboxylic acids is 1. The van der Waals surface area contributed by atoms with Crippen LogP contribution in [0.15, 0.2) is 48.5 Å². The third-order valence-electron chi connectivity index (χ3n) is 3.14. The van der Waals surface area contributed by atoms with Crippen LogP contribution in [0.2, 0.25) is 0 Å². The molecule has 1 amide bonds. The van der Waals surface area contributed by atoms with Crippen molar-refractivity contribution in [3.8, 4) is 5.75 Å². The molecule has 1 unspecified atom stereocenters. The standard InChI is InChI=1S/C17H20N2O2/c1-3-13-6-4-9-16(10-13)21-12(2)17(20)19-15-8-5-7-14(18)11-15/h4-12H,3,18H2,1-2H3,(H,19,20). The minimum Gasteiger partial charge on any atom is -0.481 e. The largest absolute Gasteiger partial charge is 0.481 e. The van der Waals surface area contributed by atoms with Crippen molar-refractivity contribution < 1.29 is 9.53 Å². The number of amides is 1. The van der Waals surface area contributed by atoms with E-state index < -0.39 is 6.10 Å². The lowest BCUT2D eigenvalue weighted by atomic mass is 10.2. The molecular weight excluding hydrogens is 264 g/mol. The van der Waals surface area contributed by atoms with Gasteiger partial charge in [0.05, 0.1) is 0 Å². The summed E-state index contributed by atoms with van der Waals surface area (Å²) in [5.74, 6) is 0.493. The molecule has 110 valence electrons. The Morgan fingerprint density at radius 1 is 1.24 bits per heavy atom. The molecule has 21 heavy (non-hydrogen) atoms. The van der Waals surface area contributed by atoms with Crippen LogP contribution in [0.3, 0.4) is 0 Å². The second-order valence-electron chi connectivity index (χ2n) is 4.88. The Kier molecular flexibility index (Phi) is 4.82. The molecule has 0 spiro atoms. The second kappa shape index (κ2) is 6.79. The van der Waals surface area contributed by atoms with Crippen molar-refractivity contribution in [1.82, 2.24) is 0 Å². The molecule has 0 heterocycles. The van der Waals surface area contributed by atoms with Gasteiger partial charge in [0.2, 0.25) is 0 Å². The van der Waals surface area contributed by atoms with Crippen LogP contribution in [-0.2, 0) is 11.2 Å². The summed E-state index contributed by atoms with van der Waals surface area (Å²) in [4.78, 5) is 12.1. The van der Waals surface area contributed by atoms with E-state index in [4.69, 9.17) is 10.5 Å². The van der Waals surface area contributed by atoms with E-state index in [9.17, 15) is 4.79 Å². The molecule has 4 nitrogen and oxygen atoms in total. The second-order valence-corrected chi connectivity index (χ2v) is 4.88. The third-order valence-corrected chi connectivity index (χ3v) is 3.14. The predicted molar refractivity (Wildman–Crippen MR) is 85.4 cm³/mol. The number of aryl methyl sites for hydroxylation is 1. The number of anilines is 2. The van der Waals surface area contributed by atoms with E-state index in [1.807, 2.05) is 24.3 Å². The first-order valence-electron chi connectivity index (χ1n) is 7.00. The van der Waals surface area contributed by atoms with E-state index >= 15 is 0 Å². The van der Waals surface area contributed by atoms with E-state index in [0.29, 0.717) is 17.1 Å². The van der Waals surface area contributed by atoms with Gasteiger partial charge in [-0.05, 0) is 49.2 Å². The summed E-state index contributed by atoms with van der Waals surface area (Å²) < 4.78 is 5.68. The van der Waals surface area contributed by atoms with Crippen LogP contribution >= 0.6 is 0 Å². The highest BCUT2D eigenvalue weighted by Gasteiger charge is 2.15. The highest BCUT2D eigenvalue weighted by Crippen LogP contribution is 2.17. The molecule has 2 aromatic carbocycles. The first-order valence-corrected chi connectivity index (χ1v) is 7.00. The van der Waals surface area contributed by atoms with Crippen LogP contribution in [0.1, 0.15) is 19.4 Å². The Labute approximate surface area is 124 Å². The number of nitrogens with two attached hydrogens (primary N) is 1. The highest BCUT2D eigenvalue weighted by molar-refractivity contribution is 5.94. The first-order chi connectivity index (χ1) is 10.1. The molecule has 2 rings (SSSR count). The van der Waals surface area contributed by atoms with E-state index in [-0.39, 0.29) is 5.91 Å². The Balaban J connectivity index is 1.99. The van der Waals surface area contributed by atoms with Gasteiger partial charge in [-0.2, -0.15) is 0 Å². The van der Waals surface area contributed by atoms with Crippen molar-refractivity contribution in [3.63, 3.8) is 0 Å². The summed E-state index contributed by atoms with van der Waals surface area (Å²) in [6.45, 7) is 3.80. The van der Waals surface area contributed by atoms with Crippen LogP contribution in [-0.4, -0.2) is 12.0 Å². The maximum Gasteiger partial charge on any atom is 0.265 e. The summed E-state index contributed by atoms with van der Waals surface area (Å²) in [6.07, 6.45) is 0.347. The van der Waals surface area contributed by atoms with Gasteiger partial charge in [-0.1, -0.05) is 25.1 Å². The van der Waals surface area contributed by atoms with Gasteiger partial charge in [0.25, 0.3) is 5.91 Å². The van der Waals surface area contributed by atoms with Gasteiger partial charge < -0.3 is 15.8 Å². The van der Waals surface area contributed by atoms with Gasteiger partial charge >= 0.3 is 0 Å². The normalized spacial score (nSPS) is 11.7. The fraction of sp³-hybridized carbons (Fsp3) is 0.235. The van der Waals surface area contributed by atoms with Crippen molar-refractivity contribution in [3.05, 3.63) is 54.1 Å². The van der Waals surface area contributed by atoms with E-state index in [1.54, 1.807) is 31.2 Å². The Hall–Kier alpha value is -2.49. The lowest BCUT2D eigenvalue weighted by Crippen LogP contribution is -2.30. The fourth-order valence-corrected chi connectivity index (χ4v) is 1.96. The van der Waals surface area contributed by atoms with Gasteiger partial charge in [0.1, 0.15) is 5.75 Å². The van der Waals surface area contributed by atoms with Crippen LogP contribution in [0.5, 0.6) is 5.75 Å². The maximum absolute atomic E-state index is 12.1. The topological polar surface area (TPSA) is 64.3 Å². The third kappa shape index (κ3) is 4.24. The van der Waals surface area contributed by atoms with Crippen LogP contribution in [0, 0.1) is 0 Å². The Bertz CT molecular complexity index is 626. The van der Waals surface area contributed by atoms with Gasteiger partial charge in [-0.15, -0.1) is 0 Å². The van der Waals surface area contributed by atoms with E-state index in [1.165, 1.54) is 5.56 Å². The molecule has 0 aromatic heterocycles. The number of ether oxygens (including phenoxy) is 1. The lowest BCUT2D eigenvalue weighted by Gasteiger charge is -2.15. The average molecular weight is 284 g/mol. The fourth-order valence-electron chi connectivity index (χ4n) is 1.96. The zero-order valence-corrected chi connectivity index (χ0v) is 12.3. The number of nitrogens with one attached hydrogen (secondary N) is 1. The smallest absolute Gasteiger partial charge is 0.265 e. The van der Waals surface area contributed by atoms with Gasteiger partial charge in [0.15, 0.2) is 6.10 Å². The molecule has 0 aliphatic heterocycles. The zero-order chi connectivity index (χ0) is 15.2. The minimum absolute atomic E-state index is 0.206. The highest BCUT2D eigenvalue weighted by atomic mass is 16.5. The molecule has 0 aliphatic carbocycles. The lowest BCUT2D eigenvalue weighted by molar-refractivity contribution is -0.122. The molecule has 0 fully saturated rings. The first kappa shape index (κ1) is 14.9. The summed E-state index contributed by atoms with van der Waals surface area (Å²) in [6, 6.07) is 14.8. The number of carbonyl (C=O) groups is 1. The number of hydrogen-bond donors (Lipinski definition) is 2. The van der Waals surface area contributed by atoms with Crippen molar-refractivity contribution in [2.24, 2.45) is 0 Å². The maximum atomic E-state index is 12.1. The van der Waals surface area contributed by atoms with Crippen LogP contribution in [0.25, 0.3) is 0 Å². The number of rotatable bonds is 5. The van der Waals surface area contributed by atoms with Gasteiger partial charge in [-0.25, -0.2) is 0 Å². The van der Waals surface area contributed by atoms with Crippen molar-refractivity contribution >= 4 is 17.3 Å². The van der Waals surface area contributed by atoms with Crippen LogP contribution in [0.4, 0.5) is 11.4 Å². The van der Waals surface area contributed by atoms with Crippen molar-refractivity contribution in [1.29, 1.82) is 0 Å². The van der Waals surface area contributed by atoms with E-state index in [2.05, 4.69) is 12.2 Å². The molecule has 4 heteroatoms. The molecule has 0 saturated heterocycles. The summed E-state index contributed by atoms with van der Waals surface area (Å²) in [5, 5.41) is 2.79. The Morgan fingerprint density at radius 2 is 2.00 bits per heavy atom. The number of nitrogen functional groups attached to an aromatic ring is 1. The van der Waals surface area contributed by atoms with Gasteiger partial charge in [-0.3, -0.25) is 4.79 Å². The zero-order valence-electron chi connectivity index (χ0n) is 12.3. The quantitative estimate of drug-likeness (QED) is 0.828. The number of benzene rings is 2. The average Bonchev–Trinajstić information content (AvgIpc) is 2.47. The predicted octanol–water partition coefficient (Wildman–Crippen LogP) is 3.24. The van der Waals surface area contributed by atoms with Gasteiger partial charge in [0, 0.05) is 11.4 Å². The van der Waals surface area contributed by atoms with Crippen molar-refractivity contribution in [2.45, 2.75) is 26.4 Å². The van der Waals surface area contributed by atoms with Crippen molar-refractivity contribution in [2.75, 3.05) is 11.1 Å². The molecule has 3 N–H and O–H groups in total. The molecule has 0 saturated carbocycles. The number of hydrogen-bond acceptors (Lipinski definition) is 3. The monoisotopic (exact) mass is 284 g/mol. The summed E-state index contributed by atoms with van der Waals surface area (Å²) in [5.41, 5.74) is 8.13. The minimum atomic E-state index is -0.585. The van der Waals surface area contributed by atoms with E-state index in [0.717, 1.165) is 6.42 Å². The molecule has 0 radical (unpaired) electrons. The molecular formula is C17H20N2O2. The molecule has 0 bridgehead atoms. The Morgan fingerprint density at radius 3 is 2.71 bits per heavy atom. The molecule has 0 aliphatic rings.